The topological polar surface area (TPSA) is 61.8 Å². The van der Waals surface area contributed by atoms with Crippen molar-refractivity contribution in [3.63, 3.8) is 0 Å². The molecule has 2 heterocycles. The summed E-state index contributed by atoms with van der Waals surface area (Å²) in [6, 6.07) is -2.09. The molecule has 0 radical (unpaired) electrons. The van der Waals surface area contributed by atoms with E-state index in [9.17, 15) is 23.1 Å². The van der Waals surface area contributed by atoms with Crippen molar-refractivity contribution in [3.8, 4) is 0 Å². The molecule has 0 aromatic rings. The van der Waals surface area contributed by atoms with Gasteiger partial charge in [0.1, 0.15) is 5.60 Å². The van der Waals surface area contributed by atoms with Crippen LogP contribution in [0.3, 0.4) is 0 Å². The third kappa shape index (κ3) is 3.42. The predicted octanol–water partition coefficient (Wildman–Crippen LogP) is 1.65. The Kier molecular flexibility index (Phi) is 4.14. The minimum atomic E-state index is -4.72. The number of aliphatic hydroxyl groups excluding tert-OH is 1. The number of nitrogens with one attached hydrogen (secondary N) is 1. The number of carbonyl (C=O) groups is 1. The predicted molar refractivity (Wildman–Crippen MR) is 68.7 cm³/mol. The molecular weight excluding hydrogens is 289 g/mol. The van der Waals surface area contributed by atoms with E-state index in [-0.39, 0.29) is 12.6 Å². The Morgan fingerprint density at radius 3 is 2.48 bits per heavy atom. The molecule has 122 valence electrons. The molecule has 5 nitrogen and oxygen atoms in total. The van der Waals surface area contributed by atoms with Gasteiger partial charge in [0.05, 0.1) is 12.1 Å². The molecule has 0 aliphatic carbocycles. The summed E-state index contributed by atoms with van der Waals surface area (Å²) in [5.74, 6) is 0. The molecule has 1 amide bonds. The summed E-state index contributed by atoms with van der Waals surface area (Å²) in [4.78, 5) is 13.6. The Hall–Kier alpha value is -1.02. The number of fused-ring (bicyclic) bond motifs is 2. The zero-order valence-electron chi connectivity index (χ0n) is 12.3. The van der Waals surface area contributed by atoms with Gasteiger partial charge < -0.3 is 15.2 Å². The number of nitrogens with zero attached hydrogens (tertiary/aromatic N) is 1. The smallest absolute Gasteiger partial charge is 0.415 e. The summed E-state index contributed by atoms with van der Waals surface area (Å²) in [6.45, 7) is 5.35. The number of amides is 1. The van der Waals surface area contributed by atoms with Crippen LogP contribution < -0.4 is 5.32 Å². The van der Waals surface area contributed by atoms with Gasteiger partial charge in [0.15, 0.2) is 6.10 Å². The summed E-state index contributed by atoms with van der Waals surface area (Å²) >= 11 is 0. The molecule has 2 aliphatic rings. The van der Waals surface area contributed by atoms with Crippen LogP contribution in [0.15, 0.2) is 0 Å². The second-order valence-corrected chi connectivity index (χ2v) is 6.61. The van der Waals surface area contributed by atoms with Crippen molar-refractivity contribution in [2.45, 2.75) is 69.6 Å². The second kappa shape index (κ2) is 5.31. The Morgan fingerprint density at radius 1 is 1.33 bits per heavy atom. The molecule has 0 saturated carbocycles. The van der Waals surface area contributed by atoms with Crippen LogP contribution in [0.5, 0.6) is 0 Å². The average Bonchev–Trinajstić information content (AvgIpc) is 2.60. The number of carbonyl (C=O) groups excluding carboxylic acids is 1. The van der Waals surface area contributed by atoms with Crippen LogP contribution in [-0.4, -0.2) is 58.7 Å². The number of ether oxygens (including phenoxy) is 1. The van der Waals surface area contributed by atoms with Crippen molar-refractivity contribution in [2.24, 2.45) is 0 Å². The van der Waals surface area contributed by atoms with Crippen LogP contribution >= 0.6 is 0 Å². The van der Waals surface area contributed by atoms with Crippen molar-refractivity contribution in [3.05, 3.63) is 0 Å². The lowest BCUT2D eigenvalue weighted by molar-refractivity contribution is -0.218. The maximum absolute atomic E-state index is 12.7. The van der Waals surface area contributed by atoms with E-state index in [1.165, 1.54) is 4.90 Å². The molecule has 0 aromatic heterocycles. The van der Waals surface area contributed by atoms with Crippen molar-refractivity contribution in [1.82, 2.24) is 10.2 Å². The lowest BCUT2D eigenvalue weighted by Crippen LogP contribution is -2.65. The van der Waals surface area contributed by atoms with E-state index in [2.05, 4.69) is 5.32 Å². The highest BCUT2D eigenvalue weighted by Crippen LogP contribution is 2.35. The van der Waals surface area contributed by atoms with Gasteiger partial charge in [-0.3, -0.25) is 4.90 Å². The molecule has 2 saturated heterocycles. The van der Waals surface area contributed by atoms with Gasteiger partial charge in [-0.25, -0.2) is 4.79 Å². The average molecular weight is 310 g/mol. The fraction of sp³-hybridized carbons (Fsp3) is 0.923. The first kappa shape index (κ1) is 16.4. The highest BCUT2D eigenvalue weighted by Gasteiger charge is 2.54. The number of rotatable bonds is 1. The fourth-order valence-electron chi connectivity index (χ4n) is 3.00. The number of hydrogen-bond donors (Lipinski definition) is 2. The van der Waals surface area contributed by atoms with E-state index < -0.39 is 36.1 Å². The highest BCUT2D eigenvalue weighted by molar-refractivity contribution is 5.70. The first-order valence-electron chi connectivity index (χ1n) is 7.00. The monoisotopic (exact) mass is 310 g/mol. The molecule has 2 aliphatic heterocycles. The number of alkyl halides is 3. The maximum atomic E-state index is 12.7. The lowest BCUT2D eigenvalue weighted by Gasteiger charge is -2.42. The molecule has 8 heteroatoms. The Morgan fingerprint density at radius 2 is 1.95 bits per heavy atom. The van der Waals surface area contributed by atoms with E-state index in [1.54, 1.807) is 20.8 Å². The fourth-order valence-corrected chi connectivity index (χ4v) is 3.00. The summed E-state index contributed by atoms with van der Waals surface area (Å²) in [7, 11) is 0. The van der Waals surface area contributed by atoms with Crippen molar-refractivity contribution >= 4 is 6.09 Å². The summed E-state index contributed by atoms with van der Waals surface area (Å²) in [5, 5.41) is 12.2. The molecule has 0 aromatic carbocycles. The van der Waals surface area contributed by atoms with E-state index in [0.717, 1.165) is 0 Å². The molecule has 1 unspecified atom stereocenters. The second-order valence-electron chi connectivity index (χ2n) is 6.61. The molecule has 2 N–H and O–H groups in total. The Labute approximate surface area is 121 Å². The summed E-state index contributed by atoms with van der Waals surface area (Å²) in [5.41, 5.74) is -0.709. The molecule has 4 atom stereocenters. The van der Waals surface area contributed by atoms with Crippen LogP contribution in [-0.2, 0) is 4.74 Å². The maximum Gasteiger partial charge on any atom is 0.415 e. The standard InChI is InChI=1S/C13H21F3N2O3/c1-12(2,3)21-11(20)18-7-4-5-8(18)9(17-6-7)10(19)13(14,15)16/h7-10,17,19H,4-6H2,1-3H3/t7-,8+,9-,10?/m1/s1. The molecular formula is C13H21F3N2O3. The number of piperazine rings is 1. The van der Waals surface area contributed by atoms with Crippen LogP contribution in [0.4, 0.5) is 18.0 Å². The van der Waals surface area contributed by atoms with Gasteiger partial charge >= 0.3 is 12.3 Å². The first-order chi connectivity index (χ1) is 9.50. The minimum absolute atomic E-state index is 0.179. The summed E-state index contributed by atoms with van der Waals surface area (Å²) < 4.78 is 43.5. The van der Waals surface area contributed by atoms with Crippen LogP contribution in [0, 0.1) is 0 Å². The van der Waals surface area contributed by atoms with Crippen molar-refractivity contribution in [2.75, 3.05) is 6.54 Å². The molecule has 2 fully saturated rings. The van der Waals surface area contributed by atoms with Crippen molar-refractivity contribution in [1.29, 1.82) is 0 Å². The van der Waals surface area contributed by atoms with E-state index in [1.807, 2.05) is 0 Å². The van der Waals surface area contributed by atoms with Gasteiger partial charge in [0, 0.05) is 12.6 Å². The normalized spacial score (nSPS) is 31.2. The molecule has 2 bridgehead atoms. The van der Waals surface area contributed by atoms with Crippen LogP contribution in [0.2, 0.25) is 0 Å². The molecule has 2 rings (SSSR count). The van der Waals surface area contributed by atoms with Gasteiger partial charge in [-0.1, -0.05) is 0 Å². The van der Waals surface area contributed by atoms with E-state index >= 15 is 0 Å². The SMILES string of the molecule is CC(C)(C)OC(=O)N1[C@@H]2CC[C@H]1[C@H](C(O)C(F)(F)F)NC2. The van der Waals surface area contributed by atoms with Crippen LogP contribution in [0.1, 0.15) is 33.6 Å². The van der Waals surface area contributed by atoms with Gasteiger partial charge in [0.2, 0.25) is 0 Å². The number of halogens is 3. The molecule has 21 heavy (non-hydrogen) atoms. The first-order valence-corrected chi connectivity index (χ1v) is 7.00. The number of hydrogen-bond acceptors (Lipinski definition) is 4. The quantitative estimate of drug-likeness (QED) is 0.773. The zero-order chi connectivity index (χ0) is 16.0. The van der Waals surface area contributed by atoms with Gasteiger partial charge in [-0.05, 0) is 33.6 Å². The zero-order valence-corrected chi connectivity index (χ0v) is 12.3. The summed E-state index contributed by atoms with van der Waals surface area (Å²) in [6.07, 6.45) is -6.79. The van der Waals surface area contributed by atoms with Crippen molar-refractivity contribution < 1.29 is 27.8 Å². The van der Waals surface area contributed by atoms with Gasteiger partial charge in [0.25, 0.3) is 0 Å². The minimum Gasteiger partial charge on any atom is -0.444 e. The third-order valence-electron chi connectivity index (χ3n) is 3.83. The molecule has 0 spiro atoms. The highest BCUT2D eigenvalue weighted by atomic mass is 19.4. The van der Waals surface area contributed by atoms with E-state index in [0.29, 0.717) is 12.8 Å². The Balaban J connectivity index is 2.15. The van der Waals surface area contributed by atoms with Gasteiger partial charge in [-0.15, -0.1) is 0 Å². The van der Waals surface area contributed by atoms with E-state index in [4.69, 9.17) is 4.74 Å². The third-order valence-corrected chi connectivity index (χ3v) is 3.83. The van der Waals surface area contributed by atoms with Gasteiger partial charge in [-0.2, -0.15) is 13.2 Å². The lowest BCUT2D eigenvalue weighted by atomic mass is 9.99. The largest absolute Gasteiger partial charge is 0.444 e. The Bertz CT molecular complexity index is 408. The number of aliphatic hydroxyl groups is 1. The van der Waals surface area contributed by atoms with Crippen LogP contribution in [0.25, 0.3) is 0 Å².